The molecule has 1 aromatic rings. The van der Waals surface area contributed by atoms with Crippen molar-refractivity contribution >= 4 is 11.9 Å². The van der Waals surface area contributed by atoms with Crippen molar-refractivity contribution < 1.29 is 9.53 Å². The van der Waals surface area contributed by atoms with Crippen molar-refractivity contribution in [3.05, 3.63) is 35.4 Å². The second-order valence-corrected chi connectivity index (χ2v) is 5.98. The van der Waals surface area contributed by atoms with Gasteiger partial charge in [0.15, 0.2) is 6.04 Å². The lowest BCUT2D eigenvalue weighted by molar-refractivity contribution is -0.135. The molecule has 0 amide bonds. The second-order valence-electron chi connectivity index (χ2n) is 5.98. The molecule has 0 saturated heterocycles. The summed E-state index contributed by atoms with van der Waals surface area (Å²) >= 11 is 0. The van der Waals surface area contributed by atoms with Gasteiger partial charge < -0.3 is 4.74 Å². The van der Waals surface area contributed by atoms with Crippen LogP contribution in [0.15, 0.2) is 29.3 Å². The van der Waals surface area contributed by atoms with Crippen LogP contribution in [0.2, 0.25) is 0 Å². The molecule has 1 aromatic carbocycles. The molecule has 106 valence electrons. The van der Waals surface area contributed by atoms with Crippen molar-refractivity contribution in [3.63, 3.8) is 0 Å². The third-order valence-electron chi connectivity index (χ3n) is 4.32. The van der Waals surface area contributed by atoms with Gasteiger partial charge >= 0.3 is 5.97 Å². The van der Waals surface area contributed by atoms with Gasteiger partial charge in [0, 0.05) is 5.56 Å². The zero-order chi connectivity index (χ0) is 13.9. The van der Waals surface area contributed by atoms with Gasteiger partial charge in [0.1, 0.15) is 0 Å². The number of rotatable bonds is 3. The SMILES string of the molecule is Cc1ccc(C2=NC(CC3CCCCC3)C(=O)O2)cc1. The van der Waals surface area contributed by atoms with E-state index >= 15 is 0 Å². The van der Waals surface area contributed by atoms with Gasteiger partial charge in [-0.3, -0.25) is 0 Å². The molecular weight excluding hydrogens is 250 g/mol. The largest absolute Gasteiger partial charge is 0.406 e. The molecule has 1 aliphatic heterocycles. The number of aliphatic imine (C=N–C) groups is 1. The number of hydrogen-bond donors (Lipinski definition) is 0. The maximum atomic E-state index is 12.0. The molecule has 20 heavy (non-hydrogen) atoms. The molecule has 1 fully saturated rings. The zero-order valence-electron chi connectivity index (χ0n) is 12.0. The highest BCUT2D eigenvalue weighted by molar-refractivity contribution is 6.06. The van der Waals surface area contributed by atoms with E-state index in [-0.39, 0.29) is 12.0 Å². The summed E-state index contributed by atoms with van der Waals surface area (Å²) in [5, 5.41) is 0. The van der Waals surface area contributed by atoms with E-state index in [9.17, 15) is 4.79 Å². The lowest BCUT2D eigenvalue weighted by Gasteiger charge is -2.21. The van der Waals surface area contributed by atoms with Gasteiger partial charge in [-0.25, -0.2) is 9.79 Å². The number of esters is 1. The molecule has 0 N–H and O–H groups in total. The van der Waals surface area contributed by atoms with Gasteiger partial charge in [0.2, 0.25) is 5.90 Å². The minimum atomic E-state index is -0.283. The van der Waals surface area contributed by atoms with Crippen molar-refractivity contribution in [2.24, 2.45) is 10.9 Å². The Morgan fingerprint density at radius 2 is 1.85 bits per heavy atom. The molecular formula is C17H21NO2. The summed E-state index contributed by atoms with van der Waals surface area (Å²) in [5.41, 5.74) is 2.09. The summed E-state index contributed by atoms with van der Waals surface area (Å²) in [6.45, 7) is 2.04. The maximum Gasteiger partial charge on any atom is 0.337 e. The summed E-state index contributed by atoms with van der Waals surface area (Å²) in [7, 11) is 0. The first kappa shape index (κ1) is 13.3. The third kappa shape index (κ3) is 2.92. The summed E-state index contributed by atoms with van der Waals surface area (Å²) in [6.07, 6.45) is 7.25. The van der Waals surface area contributed by atoms with Gasteiger partial charge in [-0.1, -0.05) is 49.8 Å². The normalized spacial score (nSPS) is 23.6. The minimum absolute atomic E-state index is 0.175. The van der Waals surface area contributed by atoms with Crippen LogP contribution in [0.25, 0.3) is 0 Å². The molecule has 1 heterocycles. The first-order chi connectivity index (χ1) is 9.72. The van der Waals surface area contributed by atoms with Crippen LogP contribution in [0.4, 0.5) is 0 Å². The topological polar surface area (TPSA) is 38.7 Å². The number of nitrogens with zero attached hydrogens (tertiary/aromatic N) is 1. The Hall–Kier alpha value is -1.64. The number of ether oxygens (including phenoxy) is 1. The highest BCUT2D eigenvalue weighted by Crippen LogP contribution is 2.30. The van der Waals surface area contributed by atoms with E-state index in [4.69, 9.17) is 4.74 Å². The molecule has 1 saturated carbocycles. The standard InChI is InChI=1S/C17H21NO2/c1-12-7-9-14(10-8-12)16-18-15(17(19)20-16)11-13-5-3-2-4-6-13/h7-10,13,15H,2-6,11H2,1H3. The number of aryl methyl sites for hydroxylation is 1. The molecule has 2 aliphatic rings. The fourth-order valence-electron chi connectivity index (χ4n) is 3.10. The van der Waals surface area contributed by atoms with Gasteiger partial charge in [0.05, 0.1) is 0 Å². The van der Waals surface area contributed by atoms with Crippen LogP contribution in [0, 0.1) is 12.8 Å². The first-order valence-corrected chi connectivity index (χ1v) is 7.59. The van der Waals surface area contributed by atoms with Crippen LogP contribution in [0.3, 0.4) is 0 Å². The smallest absolute Gasteiger partial charge is 0.337 e. The minimum Gasteiger partial charge on any atom is -0.406 e. The summed E-state index contributed by atoms with van der Waals surface area (Å²) in [5.74, 6) is 0.962. The van der Waals surface area contributed by atoms with Gasteiger partial charge in [0.25, 0.3) is 0 Å². The fourth-order valence-corrected chi connectivity index (χ4v) is 3.10. The van der Waals surface area contributed by atoms with Gasteiger partial charge in [-0.15, -0.1) is 0 Å². The van der Waals surface area contributed by atoms with E-state index in [1.165, 1.54) is 37.7 Å². The van der Waals surface area contributed by atoms with E-state index in [1.807, 2.05) is 31.2 Å². The van der Waals surface area contributed by atoms with Crippen LogP contribution in [-0.4, -0.2) is 17.9 Å². The van der Waals surface area contributed by atoms with Crippen LogP contribution in [-0.2, 0) is 9.53 Å². The number of hydrogen-bond acceptors (Lipinski definition) is 3. The monoisotopic (exact) mass is 271 g/mol. The molecule has 3 nitrogen and oxygen atoms in total. The molecule has 3 heteroatoms. The van der Waals surface area contributed by atoms with E-state index in [0.717, 1.165) is 12.0 Å². The van der Waals surface area contributed by atoms with Crippen LogP contribution >= 0.6 is 0 Å². The number of benzene rings is 1. The number of carbonyl (C=O) groups excluding carboxylic acids is 1. The highest BCUT2D eigenvalue weighted by atomic mass is 16.6. The molecule has 0 radical (unpaired) electrons. The quantitative estimate of drug-likeness (QED) is 0.787. The van der Waals surface area contributed by atoms with Crippen LogP contribution in [0.1, 0.15) is 49.7 Å². The van der Waals surface area contributed by atoms with E-state index in [1.54, 1.807) is 0 Å². The Labute approximate surface area is 120 Å². The Balaban J connectivity index is 1.69. The van der Waals surface area contributed by atoms with Gasteiger partial charge in [-0.2, -0.15) is 0 Å². The molecule has 0 spiro atoms. The van der Waals surface area contributed by atoms with Crippen molar-refractivity contribution in [2.75, 3.05) is 0 Å². The van der Waals surface area contributed by atoms with E-state index in [2.05, 4.69) is 4.99 Å². The summed E-state index contributed by atoms with van der Waals surface area (Å²) in [6, 6.07) is 7.67. The Bertz CT molecular complexity index is 512. The molecule has 1 aliphatic carbocycles. The maximum absolute atomic E-state index is 12.0. The van der Waals surface area contributed by atoms with Crippen molar-refractivity contribution in [3.8, 4) is 0 Å². The highest BCUT2D eigenvalue weighted by Gasteiger charge is 2.32. The van der Waals surface area contributed by atoms with Crippen molar-refractivity contribution in [1.29, 1.82) is 0 Å². The lowest BCUT2D eigenvalue weighted by atomic mass is 9.85. The Morgan fingerprint density at radius 1 is 1.15 bits per heavy atom. The number of carbonyl (C=O) groups is 1. The van der Waals surface area contributed by atoms with E-state index in [0.29, 0.717) is 11.8 Å². The summed E-state index contributed by atoms with van der Waals surface area (Å²) < 4.78 is 5.35. The number of cyclic esters (lactones) is 1. The Morgan fingerprint density at radius 3 is 2.55 bits per heavy atom. The predicted molar refractivity (Wildman–Crippen MR) is 78.8 cm³/mol. The lowest BCUT2D eigenvalue weighted by Crippen LogP contribution is -2.20. The molecule has 1 unspecified atom stereocenters. The summed E-state index contributed by atoms with van der Waals surface area (Å²) in [4.78, 5) is 16.5. The van der Waals surface area contributed by atoms with Gasteiger partial charge in [-0.05, 0) is 31.4 Å². The molecule has 0 bridgehead atoms. The first-order valence-electron chi connectivity index (χ1n) is 7.59. The van der Waals surface area contributed by atoms with Crippen LogP contribution in [0.5, 0.6) is 0 Å². The average Bonchev–Trinajstić information content (AvgIpc) is 2.82. The predicted octanol–water partition coefficient (Wildman–Crippen LogP) is 3.64. The molecule has 1 atom stereocenters. The van der Waals surface area contributed by atoms with Crippen molar-refractivity contribution in [2.45, 2.75) is 51.5 Å². The zero-order valence-corrected chi connectivity index (χ0v) is 12.0. The fraction of sp³-hybridized carbons (Fsp3) is 0.529. The molecule has 3 rings (SSSR count). The third-order valence-corrected chi connectivity index (χ3v) is 4.32. The average molecular weight is 271 g/mol. The molecule has 0 aromatic heterocycles. The van der Waals surface area contributed by atoms with E-state index < -0.39 is 0 Å². The van der Waals surface area contributed by atoms with Crippen LogP contribution < -0.4 is 0 Å². The van der Waals surface area contributed by atoms with Crippen molar-refractivity contribution in [1.82, 2.24) is 0 Å². The Kier molecular flexibility index (Phi) is 3.86. The second kappa shape index (κ2) is 5.78.